The number of alkyl halides is 3. The summed E-state index contributed by atoms with van der Waals surface area (Å²) < 4.78 is 43.5. The number of carbonyl (C=O) groups excluding carboxylic acids is 1. The van der Waals surface area contributed by atoms with Crippen LogP contribution in [0.1, 0.15) is 5.69 Å². The number of hydrogen-bond donors (Lipinski definition) is 1. The fourth-order valence-corrected chi connectivity index (χ4v) is 2.49. The Morgan fingerprint density at radius 3 is 2.86 bits per heavy atom. The summed E-state index contributed by atoms with van der Waals surface area (Å²) in [7, 11) is 0. The van der Waals surface area contributed by atoms with E-state index in [1.807, 2.05) is 0 Å². The first-order chi connectivity index (χ1) is 9.93. The molecule has 0 saturated carbocycles. The van der Waals surface area contributed by atoms with E-state index in [2.05, 4.69) is 15.3 Å². The van der Waals surface area contributed by atoms with Crippen LogP contribution in [0.3, 0.4) is 0 Å². The highest BCUT2D eigenvalue weighted by atomic mass is 19.4. The number of hydrogen-bond acceptors (Lipinski definition) is 5. The molecule has 0 radical (unpaired) electrons. The van der Waals surface area contributed by atoms with Gasteiger partial charge in [-0.1, -0.05) is 0 Å². The Hall–Kier alpha value is -1.90. The number of aromatic nitrogens is 2. The average molecular weight is 302 g/mol. The predicted octanol–water partition coefficient (Wildman–Crippen LogP) is 0.447. The molecule has 2 fully saturated rings. The van der Waals surface area contributed by atoms with E-state index < -0.39 is 17.8 Å². The van der Waals surface area contributed by atoms with Gasteiger partial charge in [-0.15, -0.1) is 0 Å². The minimum atomic E-state index is -4.52. The summed E-state index contributed by atoms with van der Waals surface area (Å²) in [6, 6.07) is 0.654. The van der Waals surface area contributed by atoms with Gasteiger partial charge in [-0.05, 0) is 0 Å². The summed E-state index contributed by atoms with van der Waals surface area (Å²) in [4.78, 5) is 20.7. The van der Waals surface area contributed by atoms with Crippen molar-refractivity contribution in [2.75, 3.05) is 31.2 Å². The summed E-state index contributed by atoms with van der Waals surface area (Å²) in [5, 5.41) is 2.81. The maximum atomic E-state index is 12.7. The zero-order valence-electron chi connectivity index (χ0n) is 10.9. The minimum Gasteiger partial charge on any atom is -0.378 e. The second-order valence-electron chi connectivity index (χ2n) is 5.10. The summed E-state index contributed by atoms with van der Waals surface area (Å²) in [5.41, 5.74) is -0.988. The monoisotopic (exact) mass is 302 g/mol. The molecule has 3 heterocycles. The lowest BCUT2D eigenvalue weighted by Crippen LogP contribution is -2.42. The van der Waals surface area contributed by atoms with Gasteiger partial charge >= 0.3 is 6.18 Å². The van der Waals surface area contributed by atoms with E-state index in [0.29, 0.717) is 13.2 Å². The van der Waals surface area contributed by atoms with E-state index in [9.17, 15) is 18.0 Å². The molecule has 1 aromatic heterocycles. The fraction of sp³-hybridized carbons (Fsp3) is 0.583. The molecule has 21 heavy (non-hydrogen) atoms. The second-order valence-corrected chi connectivity index (χ2v) is 5.10. The lowest BCUT2D eigenvalue weighted by atomic mass is 10.1. The smallest absolute Gasteiger partial charge is 0.378 e. The summed E-state index contributed by atoms with van der Waals surface area (Å²) in [6.07, 6.45) is -3.62. The lowest BCUT2D eigenvalue weighted by Gasteiger charge is -2.28. The molecule has 114 valence electrons. The summed E-state index contributed by atoms with van der Waals surface area (Å²) in [5.74, 6) is -0.377. The molecule has 2 aliphatic rings. The van der Waals surface area contributed by atoms with Crippen LogP contribution < -0.4 is 10.2 Å². The van der Waals surface area contributed by atoms with Crippen LogP contribution in [0.15, 0.2) is 12.4 Å². The van der Waals surface area contributed by atoms with Crippen molar-refractivity contribution in [2.45, 2.75) is 12.2 Å². The van der Waals surface area contributed by atoms with Gasteiger partial charge in [-0.3, -0.25) is 4.79 Å². The molecule has 6 nitrogen and oxygen atoms in total. The van der Waals surface area contributed by atoms with Crippen molar-refractivity contribution in [2.24, 2.45) is 5.92 Å². The molecule has 2 aliphatic heterocycles. The van der Waals surface area contributed by atoms with Gasteiger partial charge in [0.25, 0.3) is 0 Å². The molecular formula is C12H13F3N4O2. The maximum absolute atomic E-state index is 12.7. The maximum Gasteiger partial charge on any atom is 0.433 e. The summed E-state index contributed by atoms with van der Waals surface area (Å²) >= 11 is 0. The Bertz CT molecular complexity index is 552. The standard InChI is InChI=1S/C12H13F3N4O2/c13-12(14,15)9-1-10(17-6-16-9)19-2-7-4-21-5-8(3-19)18-11(7)20/h1,6-8H,2-5H2,(H,18,20)/t7-,8+/m1/s1. The van der Waals surface area contributed by atoms with E-state index in [4.69, 9.17) is 4.74 Å². The van der Waals surface area contributed by atoms with Crippen LogP contribution in [0.4, 0.5) is 19.0 Å². The van der Waals surface area contributed by atoms with Crippen LogP contribution in [-0.2, 0) is 15.7 Å². The van der Waals surface area contributed by atoms with E-state index >= 15 is 0 Å². The minimum absolute atomic E-state index is 0.134. The Labute approximate surface area is 118 Å². The van der Waals surface area contributed by atoms with E-state index in [1.165, 1.54) is 0 Å². The van der Waals surface area contributed by atoms with E-state index in [-0.39, 0.29) is 30.9 Å². The fourth-order valence-electron chi connectivity index (χ4n) is 2.49. The van der Waals surface area contributed by atoms with E-state index in [1.54, 1.807) is 4.90 Å². The molecule has 1 aromatic rings. The number of amides is 1. The van der Waals surface area contributed by atoms with Gasteiger partial charge in [-0.2, -0.15) is 13.2 Å². The van der Waals surface area contributed by atoms with Gasteiger partial charge in [0.2, 0.25) is 5.91 Å². The Kier molecular flexibility index (Phi) is 3.44. The number of nitrogens with one attached hydrogen (secondary N) is 1. The molecular weight excluding hydrogens is 289 g/mol. The predicted molar refractivity (Wildman–Crippen MR) is 65.5 cm³/mol. The number of fused-ring (bicyclic) bond motifs is 3. The Morgan fingerprint density at radius 2 is 2.10 bits per heavy atom. The van der Waals surface area contributed by atoms with Gasteiger partial charge in [0, 0.05) is 19.2 Å². The van der Waals surface area contributed by atoms with Crippen molar-refractivity contribution in [3.05, 3.63) is 18.1 Å². The highest BCUT2D eigenvalue weighted by Crippen LogP contribution is 2.29. The molecule has 0 aromatic carbocycles. The number of rotatable bonds is 1. The van der Waals surface area contributed by atoms with Crippen molar-refractivity contribution in [3.8, 4) is 0 Å². The molecule has 2 bridgehead atoms. The van der Waals surface area contributed by atoms with Crippen molar-refractivity contribution in [3.63, 3.8) is 0 Å². The third-order valence-corrected chi connectivity index (χ3v) is 3.50. The van der Waals surface area contributed by atoms with Crippen molar-refractivity contribution in [1.29, 1.82) is 0 Å². The topological polar surface area (TPSA) is 67.3 Å². The number of carbonyl (C=O) groups is 1. The van der Waals surface area contributed by atoms with Crippen LogP contribution in [0.2, 0.25) is 0 Å². The number of halogens is 3. The SMILES string of the molecule is O=C1N[C@@H]2COC[C@H]1CN(c1cc(C(F)(F)F)ncn1)C2. The third-order valence-electron chi connectivity index (χ3n) is 3.50. The van der Waals surface area contributed by atoms with Gasteiger partial charge in [-0.25, -0.2) is 9.97 Å². The quantitative estimate of drug-likeness (QED) is 0.816. The molecule has 2 saturated heterocycles. The first-order valence-corrected chi connectivity index (χ1v) is 6.46. The van der Waals surface area contributed by atoms with Crippen molar-refractivity contribution >= 4 is 11.7 Å². The number of nitrogens with zero attached hydrogens (tertiary/aromatic N) is 3. The summed E-state index contributed by atoms with van der Waals surface area (Å²) in [6.45, 7) is 1.24. The Balaban J connectivity index is 1.88. The van der Waals surface area contributed by atoms with Gasteiger partial charge in [0.1, 0.15) is 17.8 Å². The first kappa shape index (κ1) is 14.1. The van der Waals surface area contributed by atoms with Crippen LogP contribution >= 0.6 is 0 Å². The largest absolute Gasteiger partial charge is 0.433 e. The van der Waals surface area contributed by atoms with Crippen molar-refractivity contribution in [1.82, 2.24) is 15.3 Å². The lowest BCUT2D eigenvalue weighted by molar-refractivity contribution is -0.141. The highest BCUT2D eigenvalue weighted by molar-refractivity contribution is 5.80. The van der Waals surface area contributed by atoms with Crippen LogP contribution in [-0.4, -0.2) is 48.2 Å². The van der Waals surface area contributed by atoms with Crippen molar-refractivity contribution < 1.29 is 22.7 Å². The van der Waals surface area contributed by atoms with Gasteiger partial charge < -0.3 is 15.0 Å². The molecule has 0 unspecified atom stereocenters. The second kappa shape index (κ2) is 5.14. The van der Waals surface area contributed by atoms with E-state index in [0.717, 1.165) is 12.4 Å². The molecule has 0 spiro atoms. The van der Waals surface area contributed by atoms with Crippen LogP contribution in [0, 0.1) is 5.92 Å². The molecule has 1 amide bonds. The van der Waals surface area contributed by atoms with Gasteiger partial charge in [0.15, 0.2) is 0 Å². The molecule has 2 atom stereocenters. The zero-order chi connectivity index (χ0) is 15.0. The number of anilines is 1. The van der Waals surface area contributed by atoms with Crippen LogP contribution in [0.5, 0.6) is 0 Å². The van der Waals surface area contributed by atoms with Gasteiger partial charge in [0.05, 0.1) is 25.2 Å². The Morgan fingerprint density at radius 1 is 1.29 bits per heavy atom. The number of ether oxygens (including phenoxy) is 1. The molecule has 9 heteroatoms. The highest BCUT2D eigenvalue weighted by Gasteiger charge is 2.36. The molecule has 0 aliphatic carbocycles. The normalized spacial score (nSPS) is 26.2. The molecule has 1 N–H and O–H groups in total. The average Bonchev–Trinajstić information content (AvgIpc) is 2.66. The van der Waals surface area contributed by atoms with Crippen LogP contribution in [0.25, 0.3) is 0 Å². The molecule has 3 rings (SSSR count). The first-order valence-electron chi connectivity index (χ1n) is 6.46. The zero-order valence-corrected chi connectivity index (χ0v) is 10.9. The third kappa shape index (κ3) is 2.92.